The van der Waals surface area contributed by atoms with Gasteiger partial charge in [-0.15, -0.1) is 0 Å². The van der Waals surface area contributed by atoms with Crippen molar-refractivity contribution in [3.8, 4) is 16.9 Å². The molecule has 0 saturated heterocycles. The van der Waals surface area contributed by atoms with E-state index in [1.165, 1.54) is 6.07 Å². The van der Waals surface area contributed by atoms with Gasteiger partial charge in [-0.3, -0.25) is 14.4 Å². The fraction of sp³-hybridized carbons (Fsp3) is 0.320. The Labute approximate surface area is 189 Å². The largest absolute Gasteiger partial charge is 0.507 e. The lowest BCUT2D eigenvalue weighted by Crippen LogP contribution is -2.66. The SMILES string of the molecule is NC(=O)C1C(=O)[C@@]2(O)C(=O)C3=C(O)c4c(O)ccc(-c5ccccc5)c4C[C@H]3C[C@H]2CC1O. The molecule has 33 heavy (non-hydrogen) atoms. The molecule has 0 bridgehead atoms. The Bertz CT molecular complexity index is 1230. The van der Waals surface area contributed by atoms with Gasteiger partial charge in [0, 0.05) is 11.5 Å². The van der Waals surface area contributed by atoms with E-state index in [0.717, 1.165) is 11.1 Å². The first-order chi connectivity index (χ1) is 15.7. The Hall–Kier alpha value is -3.49. The fourth-order valence-electron chi connectivity index (χ4n) is 5.81. The van der Waals surface area contributed by atoms with E-state index < -0.39 is 52.7 Å². The summed E-state index contributed by atoms with van der Waals surface area (Å²) >= 11 is 0. The molecule has 170 valence electrons. The summed E-state index contributed by atoms with van der Waals surface area (Å²) in [5.74, 6) is -7.14. The third-order valence-electron chi connectivity index (χ3n) is 7.35. The molecular formula is C25H23NO7. The van der Waals surface area contributed by atoms with Crippen molar-refractivity contribution in [3.05, 3.63) is 59.2 Å². The van der Waals surface area contributed by atoms with Gasteiger partial charge in [0.05, 0.1) is 11.7 Å². The highest BCUT2D eigenvalue weighted by atomic mass is 16.3. The smallest absolute Gasteiger partial charge is 0.230 e. The molecule has 0 spiro atoms. The second-order valence-electron chi connectivity index (χ2n) is 9.09. The lowest BCUT2D eigenvalue weighted by molar-refractivity contribution is -0.174. The van der Waals surface area contributed by atoms with Gasteiger partial charge >= 0.3 is 0 Å². The van der Waals surface area contributed by atoms with E-state index in [0.29, 0.717) is 5.56 Å². The van der Waals surface area contributed by atoms with Crippen LogP contribution in [0.15, 0.2) is 48.0 Å². The van der Waals surface area contributed by atoms with Crippen LogP contribution in [0.1, 0.15) is 24.0 Å². The fourth-order valence-corrected chi connectivity index (χ4v) is 5.81. The van der Waals surface area contributed by atoms with Crippen molar-refractivity contribution >= 4 is 23.2 Å². The number of aliphatic hydroxyl groups excluding tert-OH is 2. The Balaban J connectivity index is 1.67. The maximum absolute atomic E-state index is 13.5. The summed E-state index contributed by atoms with van der Waals surface area (Å²) in [6, 6.07) is 12.6. The molecule has 3 aliphatic carbocycles. The number of aliphatic hydroxyl groups is 3. The van der Waals surface area contributed by atoms with E-state index in [9.17, 15) is 34.8 Å². The van der Waals surface area contributed by atoms with Crippen molar-refractivity contribution in [2.75, 3.05) is 0 Å². The molecular weight excluding hydrogens is 426 g/mol. The number of benzene rings is 2. The average Bonchev–Trinajstić information content (AvgIpc) is 2.76. The molecule has 0 radical (unpaired) electrons. The number of carbonyl (C=O) groups is 3. The third kappa shape index (κ3) is 2.87. The number of hydrogen-bond donors (Lipinski definition) is 5. The number of aromatic hydroxyl groups is 1. The molecule has 0 heterocycles. The van der Waals surface area contributed by atoms with Crippen LogP contribution in [0.25, 0.3) is 16.9 Å². The predicted molar refractivity (Wildman–Crippen MR) is 117 cm³/mol. The van der Waals surface area contributed by atoms with Crippen LogP contribution >= 0.6 is 0 Å². The number of amides is 1. The molecule has 8 heteroatoms. The van der Waals surface area contributed by atoms with Gasteiger partial charge in [0.25, 0.3) is 0 Å². The molecule has 0 aromatic heterocycles. The Morgan fingerprint density at radius 1 is 1.03 bits per heavy atom. The molecule has 8 nitrogen and oxygen atoms in total. The van der Waals surface area contributed by atoms with E-state index in [4.69, 9.17) is 5.73 Å². The second-order valence-corrected chi connectivity index (χ2v) is 9.09. The number of rotatable bonds is 2. The minimum absolute atomic E-state index is 0.0905. The molecule has 3 aliphatic rings. The van der Waals surface area contributed by atoms with E-state index in [1.54, 1.807) is 6.07 Å². The molecule has 2 saturated carbocycles. The molecule has 5 rings (SSSR count). The number of carbonyl (C=O) groups excluding carboxylic acids is 3. The summed E-state index contributed by atoms with van der Waals surface area (Å²) in [5, 5.41) is 43.3. The van der Waals surface area contributed by atoms with E-state index >= 15 is 0 Å². The number of ketones is 2. The van der Waals surface area contributed by atoms with Crippen molar-refractivity contribution in [2.24, 2.45) is 23.5 Å². The van der Waals surface area contributed by atoms with Crippen molar-refractivity contribution < 1.29 is 34.8 Å². The number of phenols is 1. The zero-order valence-corrected chi connectivity index (χ0v) is 17.6. The number of nitrogens with two attached hydrogens (primary N) is 1. The molecule has 2 aromatic rings. The van der Waals surface area contributed by atoms with Crippen LogP contribution in [-0.4, -0.2) is 49.6 Å². The number of fused-ring (bicyclic) bond motifs is 3. The molecule has 2 aromatic carbocycles. The maximum Gasteiger partial charge on any atom is 0.230 e. The highest BCUT2D eigenvalue weighted by Crippen LogP contribution is 2.52. The first-order valence-electron chi connectivity index (χ1n) is 10.8. The standard InChI is InChI=1S/C25H23NO7/c26-24(32)20-17(28)10-13-8-12-9-15-14(11-4-2-1-3-5-11)6-7-16(27)19(15)21(29)18(12)22(30)25(13,33)23(20)31/h1-7,12-13,17,20,27-29,33H,8-10H2,(H2,26,32)/t12-,13+,17?,20?,25+/m1/s1. The van der Waals surface area contributed by atoms with E-state index in [1.807, 2.05) is 30.3 Å². The van der Waals surface area contributed by atoms with Gasteiger partial charge in [-0.1, -0.05) is 36.4 Å². The van der Waals surface area contributed by atoms with Gasteiger partial charge in [0.2, 0.25) is 11.7 Å². The minimum Gasteiger partial charge on any atom is -0.507 e. The Kier molecular flexibility index (Phi) is 4.70. The van der Waals surface area contributed by atoms with Crippen LogP contribution in [0, 0.1) is 17.8 Å². The van der Waals surface area contributed by atoms with Gasteiger partial charge in [-0.05, 0) is 47.9 Å². The lowest BCUT2D eigenvalue weighted by Gasteiger charge is -2.48. The number of hydrogen-bond acceptors (Lipinski definition) is 7. The Morgan fingerprint density at radius 3 is 2.39 bits per heavy atom. The van der Waals surface area contributed by atoms with Crippen LogP contribution in [0.3, 0.4) is 0 Å². The molecule has 0 aliphatic heterocycles. The van der Waals surface area contributed by atoms with E-state index in [2.05, 4.69) is 0 Å². The van der Waals surface area contributed by atoms with Crippen LogP contribution in [0.4, 0.5) is 0 Å². The van der Waals surface area contributed by atoms with Crippen molar-refractivity contribution in [1.29, 1.82) is 0 Å². The number of phenolic OH excluding ortho intramolecular Hbond substituents is 1. The first kappa shape index (κ1) is 21.4. The van der Waals surface area contributed by atoms with Crippen molar-refractivity contribution in [2.45, 2.75) is 31.0 Å². The van der Waals surface area contributed by atoms with Crippen LogP contribution in [-0.2, 0) is 20.8 Å². The minimum atomic E-state index is -2.57. The van der Waals surface area contributed by atoms with Crippen LogP contribution in [0.5, 0.6) is 5.75 Å². The van der Waals surface area contributed by atoms with E-state index in [-0.39, 0.29) is 36.1 Å². The summed E-state index contributed by atoms with van der Waals surface area (Å²) in [7, 11) is 0. The van der Waals surface area contributed by atoms with Gasteiger partial charge < -0.3 is 26.2 Å². The van der Waals surface area contributed by atoms with Gasteiger partial charge in [-0.2, -0.15) is 0 Å². The van der Waals surface area contributed by atoms with Crippen molar-refractivity contribution in [1.82, 2.24) is 0 Å². The first-order valence-corrected chi connectivity index (χ1v) is 10.8. The summed E-state index contributed by atoms with van der Waals surface area (Å²) in [6.45, 7) is 0. The normalized spacial score (nSPS) is 31.0. The van der Waals surface area contributed by atoms with Crippen LogP contribution in [0.2, 0.25) is 0 Å². The average molecular weight is 449 g/mol. The molecule has 2 unspecified atom stereocenters. The molecule has 6 N–H and O–H groups in total. The van der Waals surface area contributed by atoms with Crippen molar-refractivity contribution in [3.63, 3.8) is 0 Å². The quantitative estimate of drug-likeness (QED) is 0.432. The van der Waals surface area contributed by atoms with Crippen LogP contribution < -0.4 is 5.73 Å². The monoisotopic (exact) mass is 449 g/mol. The zero-order chi connectivity index (χ0) is 23.7. The predicted octanol–water partition coefficient (Wildman–Crippen LogP) is 1.26. The molecule has 1 amide bonds. The summed E-state index contributed by atoms with van der Waals surface area (Å²) in [5.41, 5.74) is 4.95. The van der Waals surface area contributed by atoms with Gasteiger partial charge in [0.1, 0.15) is 17.4 Å². The van der Waals surface area contributed by atoms with Gasteiger partial charge in [0.15, 0.2) is 11.4 Å². The summed E-state index contributed by atoms with van der Waals surface area (Å²) in [4.78, 5) is 38.2. The topological polar surface area (TPSA) is 158 Å². The van der Waals surface area contributed by atoms with Gasteiger partial charge in [-0.25, -0.2) is 0 Å². The molecule has 5 atom stereocenters. The number of Topliss-reactive ketones (excluding diaryl/α,β-unsaturated/α-hetero) is 2. The highest BCUT2D eigenvalue weighted by molar-refractivity contribution is 6.24. The molecule has 2 fully saturated rings. The third-order valence-corrected chi connectivity index (χ3v) is 7.35. The summed E-state index contributed by atoms with van der Waals surface area (Å²) in [6.07, 6.45) is -1.12. The summed E-state index contributed by atoms with van der Waals surface area (Å²) < 4.78 is 0. The highest BCUT2D eigenvalue weighted by Gasteiger charge is 2.63. The number of primary amides is 1. The maximum atomic E-state index is 13.5. The zero-order valence-electron chi connectivity index (χ0n) is 17.6. The Morgan fingerprint density at radius 2 is 1.73 bits per heavy atom. The second kappa shape index (κ2) is 7.26. The lowest BCUT2D eigenvalue weighted by atomic mass is 9.56.